The van der Waals surface area contributed by atoms with E-state index in [9.17, 15) is 9.90 Å². The smallest absolute Gasteiger partial charge is 0.324 e. The molecule has 0 saturated carbocycles. The number of hydrogen-bond donors (Lipinski definition) is 2. The number of aliphatic hydroxyl groups excluding tert-OH is 1. The maximum absolute atomic E-state index is 15.2. The molecule has 2 N–H and O–H groups in total. The summed E-state index contributed by atoms with van der Waals surface area (Å²) in [7, 11) is 0. The SMILES string of the molecule is O=C(N[C@H](CN1CCCC1)[C@H](O)c1ccc(OC2CCOCC2)c(Cl)c1)C(F)(F)CCc1ccc2cc(Cl)ccc2c1. The van der Waals surface area contributed by atoms with E-state index in [2.05, 4.69) is 10.2 Å². The Morgan fingerprint density at radius 3 is 2.50 bits per heavy atom. The largest absolute Gasteiger partial charge is 0.489 e. The lowest BCUT2D eigenvalue weighted by Gasteiger charge is -2.30. The van der Waals surface area contributed by atoms with Crippen molar-refractivity contribution in [3.63, 3.8) is 0 Å². The van der Waals surface area contributed by atoms with Gasteiger partial charge in [0.2, 0.25) is 0 Å². The molecule has 6 nitrogen and oxygen atoms in total. The van der Waals surface area contributed by atoms with Crippen molar-refractivity contribution in [2.75, 3.05) is 32.8 Å². The molecule has 42 heavy (non-hydrogen) atoms. The number of fused-ring (bicyclic) bond motifs is 1. The zero-order valence-electron chi connectivity index (χ0n) is 23.3. The molecule has 226 valence electrons. The van der Waals surface area contributed by atoms with E-state index in [1.165, 1.54) is 0 Å². The van der Waals surface area contributed by atoms with E-state index < -0.39 is 30.4 Å². The Bertz CT molecular complexity index is 1380. The quantitative estimate of drug-likeness (QED) is 0.253. The van der Waals surface area contributed by atoms with E-state index in [-0.39, 0.29) is 19.1 Å². The minimum Gasteiger partial charge on any atom is -0.489 e. The molecule has 2 heterocycles. The van der Waals surface area contributed by atoms with Gasteiger partial charge in [0, 0.05) is 30.8 Å². The summed E-state index contributed by atoms with van der Waals surface area (Å²) in [5.74, 6) is -4.54. The Kier molecular flexibility index (Phi) is 10.2. The topological polar surface area (TPSA) is 71.0 Å². The Morgan fingerprint density at radius 2 is 1.76 bits per heavy atom. The Balaban J connectivity index is 1.26. The fraction of sp³-hybridized carbons (Fsp3) is 0.469. The van der Waals surface area contributed by atoms with Crippen LogP contribution in [0.3, 0.4) is 0 Å². The summed E-state index contributed by atoms with van der Waals surface area (Å²) in [5.41, 5.74) is 1.12. The van der Waals surface area contributed by atoms with E-state index >= 15 is 8.78 Å². The van der Waals surface area contributed by atoms with E-state index in [4.69, 9.17) is 32.7 Å². The number of rotatable bonds is 11. The lowest BCUT2D eigenvalue weighted by Crippen LogP contribution is -2.51. The maximum atomic E-state index is 15.2. The van der Waals surface area contributed by atoms with Crippen LogP contribution in [0.4, 0.5) is 8.78 Å². The summed E-state index contributed by atoms with van der Waals surface area (Å²) in [4.78, 5) is 15.0. The van der Waals surface area contributed by atoms with Crippen LogP contribution in [0.1, 0.15) is 49.3 Å². The van der Waals surface area contributed by atoms with Crippen molar-refractivity contribution >= 4 is 39.9 Å². The molecular formula is C32H36Cl2F2N2O4. The molecule has 0 aliphatic carbocycles. The number of nitrogens with one attached hydrogen (secondary N) is 1. The maximum Gasteiger partial charge on any atom is 0.324 e. The van der Waals surface area contributed by atoms with Crippen LogP contribution in [-0.2, 0) is 16.0 Å². The summed E-state index contributed by atoms with van der Waals surface area (Å²) >= 11 is 12.5. The van der Waals surface area contributed by atoms with Crippen molar-refractivity contribution < 1.29 is 28.2 Å². The first kappa shape index (κ1) is 31.0. The second-order valence-corrected chi connectivity index (χ2v) is 12.0. The molecule has 3 aromatic rings. The second kappa shape index (κ2) is 13.9. The molecule has 1 amide bonds. The van der Waals surface area contributed by atoms with Gasteiger partial charge in [-0.15, -0.1) is 0 Å². The van der Waals surface area contributed by atoms with Crippen LogP contribution in [0, 0.1) is 0 Å². The number of hydrogen-bond acceptors (Lipinski definition) is 5. The zero-order chi connectivity index (χ0) is 29.7. The van der Waals surface area contributed by atoms with Crippen LogP contribution in [-0.4, -0.2) is 66.8 Å². The van der Waals surface area contributed by atoms with E-state index in [1.807, 2.05) is 24.3 Å². The molecule has 2 aliphatic rings. The third kappa shape index (κ3) is 7.91. The van der Waals surface area contributed by atoms with Gasteiger partial charge in [-0.25, -0.2) is 0 Å². The van der Waals surface area contributed by atoms with Crippen molar-refractivity contribution in [2.24, 2.45) is 0 Å². The molecule has 5 rings (SSSR count). The van der Waals surface area contributed by atoms with E-state index in [0.29, 0.717) is 40.1 Å². The first-order valence-electron chi connectivity index (χ1n) is 14.5. The first-order valence-corrected chi connectivity index (χ1v) is 15.2. The zero-order valence-corrected chi connectivity index (χ0v) is 24.8. The fourth-order valence-corrected chi connectivity index (χ4v) is 5.99. The Labute approximate surface area is 254 Å². The van der Waals surface area contributed by atoms with Crippen molar-refractivity contribution in [1.82, 2.24) is 10.2 Å². The average molecular weight is 622 g/mol. The molecular weight excluding hydrogens is 585 g/mol. The molecule has 2 aliphatic heterocycles. The molecule has 0 spiro atoms. The standard InChI is InChI=1S/C32H36Cl2F2N2O4/c33-25-7-5-22-17-21(3-4-23(22)18-25)9-12-32(35,36)31(40)37-28(20-38-13-1-2-14-38)30(39)24-6-8-29(27(34)19-24)42-26-10-15-41-16-11-26/h3-8,17-19,26,28,30,39H,1-2,9-16,20H2,(H,37,40)/t28-,30-/m1/s1. The molecule has 0 radical (unpaired) electrons. The van der Waals surface area contributed by atoms with Crippen molar-refractivity contribution in [1.29, 1.82) is 0 Å². The number of carbonyl (C=O) groups excluding carboxylic acids is 1. The van der Waals surface area contributed by atoms with Gasteiger partial charge >= 0.3 is 5.92 Å². The molecule has 2 atom stereocenters. The van der Waals surface area contributed by atoms with Crippen LogP contribution in [0.25, 0.3) is 10.8 Å². The van der Waals surface area contributed by atoms with Crippen LogP contribution in [0.15, 0.2) is 54.6 Å². The van der Waals surface area contributed by atoms with Gasteiger partial charge in [-0.1, -0.05) is 53.5 Å². The number of aliphatic hydroxyl groups is 1. The van der Waals surface area contributed by atoms with Gasteiger partial charge in [-0.05, 0) is 78.5 Å². The molecule has 2 fully saturated rings. The monoisotopic (exact) mass is 620 g/mol. The third-order valence-electron chi connectivity index (χ3n) is 8.04. The highest BCUT2D eigenvalue weighted by molar-refractivity contribution is 6.32. The number of alkyl halides is 2. The van der Waals surface area contributed by atoms with Gasteiger partial charge in [0.1, 0.15) is 18.0 Å². The highest BCUT2D eigenvalue weighted by Crippen LogP contribution is 2.32. The van der Waals surface area contributed by atoms with Crippen LogP contribution >= 0.6 is 23.2 Å². The third-order valence-corrected chi connectivity index (χ3v) is 8.57. The Morgan fingerprint density at radius 1 is 1.05 bits per heavy atom. The predicted octanol–water partition coefficient (Wildman–Crippen LogP) is 6.59. The molecule has 0 aromatic heterocycles. The molecule has 2 saturated heterocycles. The molecule has 0 unspecified atom stereocenters. The van der Waals surface area contributed by atoms with Gasteiger partial charge in [0.15, 0.2) is 0 Å². The number of carbonyl (C=O) groups is 1. The number of ether oxygens (including phenoxy) is 2. The van der Waals surface area contributed by atoms with Crippen LogP contribution < -0.4 is 10.1 Å². The van der Waals surface area contributed by atoms with Gasteiger partial charge in [0.25, 0.3) is 5.91 Å². The molecule has 10 heteroatoms. The predicted molar refractivity (Wildman–Crippen MR) is 161 cm³/mol. The summed E-state index contributed by atoms with van der Waals surface area (Å²) in [6.45, 7) is 3.05. The number of nitrogens with zero attached hydrogens (tertiary/aromatic N) is 1. The number of halogens is 4. The Hall–Kier alpha value is -2.49. The van der Waals surface area contributed by atoms with Crippen molar-refractivity contribution in [2.45, 2.75) is 62.7 Å². The van der Waals surface area contributed by atoms with Gasteiger partial charge in [-0.3, -0.25) is 4.79 Å². The summed E-state index contributed by atoms with van der Waals surface area (Å²) in [6, 6.07) is 14.8. The number of benzene rings is 3. The summed E-state index contributed by atoms with van der Waals surface area (Å²) in [5, 5.41) is 16.5. The summed E-state index contributed by atoms with van der Waals surface area (Å²) in [6.07, 6.45) is 1.58. The van der Waals surface area contributed by atoms with Crippen LogP contribution in [0.5, 0.6) is 5.75 Å². The van der Waals surface area contributed by atoms with Gasteiger partial charge < -0.3 is 24.8 Å². The molecule has 0 bridgehead atoms. The van der Waals surface area contributed by atoms with E-state index in [1.54, 1.807) is 30.3 Å². The number of aryl methyl sites for hydroxylation is 1. The van der Waals surface area contributed by atoms with Gasteiger partial charge in [0.05, 0.1) is 24.3 Å². The first-order chi connectivity index (χ1) is 20.2. The highest BCUT2D eigenvalue weighted by atomic mass is 35.5. The minimum atomic E-state index is -3.63. The van der Waals surface area contributed by atoms with Crippen molar-refractivity contribution in [3.05, 3.63) is 75.8 Å². The highest BCUT2D eigenvalue weighted by Gasteiger charge is 2.41. The lowest BCUT2D eigenvalue weighted by molar-refractivity contribution is -0.148. The van der Waals surface area contributed by atoms with Crippen LogP contribution in [0.2, 0.25) is 10.0 Å². The van der Waals surface area contributed by atoms with E-state index in [0.717, 1.165) is 49.5 Å². The fourth-order valence-electron chi connectivity index (χ4n) is 5.58. The molecule has 3 aromatic carbocycles. The normalized spacial score (nSPS) is 18.2. The lowest BCUT2D eigenvalue weighted by atomic mass is 9.99. The number of amides is 1. The van der Waals surface area contributed by atoms with Gasteiger partial charge in [-0.2, -0.15) is 8.78 Å². The van der Waals surface area contributed by atoms with Crippen molar-refractivity contribution in [3.8, 4) is 5.75 Å². The average Bonchev–Trinajstić information content (AvgIpc) is 3.50. The second-order valence-electron chi connectivity index (χ2n) is 11.2. The summed E-state index contributed by atoms with van der Waals surface area (Å²) < 4.78 is 41.7. The number of likely N-dealkylation sites (tertiary alicyclic amines) is 1. The minimum absolute atomic E-state index is 0.00966.